The van der Waals surface area contributed by atoms with Crippen molar-refractivity contribution < 1.29 is 37.0 Å². The normalized spacial score (nSPS) is 18.0. The molecule has 1 aromatic rings. The minimum Gasteiger partial charge on any atom is -0.476 e. The van der Waals surface area contributed by atoms with Crippen molar-refractivity contribution in [1.29, 1.82) is 0 Å². The third-order valence-corrected chi connectivity index (χ3v) is 6.65. The second kappa shape index (κ2) is 10.7. The zero-order valence-corrected chi connectivity index (χ0v) is 21.5. The SMILES string of the molecule is CCOC(=O)CCN1C(=O)C(C)(C)Oc2cc(C(F)(F)F)c(C(=O)N(C(C)C)C3CCCCC3)cc21. The van der Waals surface area contributed by atoms with E-state index in [1.54, 1.807) is 20.8 Å². The Morgan fingerprint density at radius 2 is 1.83 bits per heavy atom. The van der Waals surface area contributed by atoms with Crippen molar-refractivity contribution in [3.8, 4) is 5.75 Å². The molecular formula is C26H35F3N2O5. The van der Waals surface area contributed by atoms with Crippen molar-refractivity contribution in [3.05, 3.63) is 23.3 Å². The Labute approximate surface area is 209 Å². The lowest BCUT2D eigenvalue weighted by molar-refractivity contribution is -0.143. The van der Waals surface area contributed by atoms with E-state index in [0.29, 0.717) is 0 Å². The predicted molar refractivity (Wildman–Crippen MR) is 128 cm³/mol. The summed E-state index contributed by atoms with van der Waals surface area (Å²) >= 11 is 0. The molecule has 36 heavy (non-hydrogen) atoms. The lowest BCUT2D eigenvalue weighted by Gasteiger charge is -2.40. The molecule has 0 aromatic heterocycles. The van der Waals surface area contributed by atoms with E-state index in [0.717, 1.165) is 44.2 Å². The van der Waals surface area contributed by atoms with E-state index in [1.807, 2.05) is 0 Å². The second-order valence-corrected chi connectivity index (χ2v) is 10.1. The minimum atomic E-state index is -4.82. The number of hydrogen-bond acceptors (Lipinski definition) is 5. The number of benzene rings is 1. The van der Waals surface area contributed by atoms with Gasteiger partial charge in [0.05, 0.1) is 29.8 Å². The number of hydrogen-bond donors (Lipinski definition) is 0. The molecular weight excluding hydrogens is 477 g/mol. The molecule has 0 bridgehead atoms. The van der Waals surface area contributed by atoms with Crippen molar-refractivity contribution in [1.82, 2.24) is 4.90 Å². The van der Waals surface area contributed by atoms with Gasteiger partial charge in [-0.25, -0.2) is 0 Å². The number of amides is 2. The average Bonchev–Trinajstić information content (AvgIpc) is 2.78. The summed E-state index contributed by atoms with van der Waals surface area (Å²) in [5, 5.41) is 0. The van der Waals surface area contributed by atoms with E-state index in [1.165, 1.54) is 23.6 Å². The number of anilines is 1. The Morgan fingerprint density at radius 1 is 1.19 bits per heavy atom. The van der Waals surface area contributed by atoms with Gasteiger partial charge in [0.2, 0.25) is 0 Å². The highest BCUT2D eigenvalue weighted by atomic mass is 19.4. The zero-order valence-electron chi connectivity index (χ0n) is 21.5. The topological polar surface area (TPSA) is 76.1 Å². The summed E-state index contributed by atoms with van der Waals surface area (Å²) in [6.07, 6.45) is -0.643. The van der Waals surface area contributed by atoms with E-state index in [2.05, 4.69) is 0 Å². The monoisotopic (exact) mass is 512 g/mol. The number of rotatable bonds is 7. The van der Waals surface area contributed by atoms with E-state index in [4.69, 9.17) is 9.47 Å². The molecule has 0 atom stereocenters. The van der Waals surface area contributed by atoms with Crippen LogP contribution in [-0.4, -0.2) is 53.5 Å². The molecule has 0 unspecified atom stereocenters. The van der Waals surface area contributed by atoms with Crippen molar-refractivity contribution in [3.63, 3.8) is 0 Å². The molecule has 0 saturated heterocycles. The van der Waals surface area contributed by atoms with Crippen LogP contribution >= 0.6 is 0 Å². The highest BCUT2D eigenvalue weighted by Crippen LogP contribution is 2.44. The van der Waals surface area contributed by atoms with Gasteiger partial charge in [0, 0.05) is 18.6 Å². The van der Waals surface area contributed by atoms with E-state index in [9.17, 15) is 27.6 Å². The summed E-state index contributed by atoms with van der Waals surface area (Å²) in [5.74, 6) is -1.95. The zero-order chi connectivity index (χ0) is 26.8. The largest absolute Gasteiger partial charge is 0.476 e. The van der Waals surface area contributed by atoms with Gasteiger partial charge in [0.1, 0.15) is 5.75 Å². The van der Waals surface area contributed by atoms with Gasteiger partial charge in [-0.1, -0.05) is 19.3 Å². The molecule has 10 heteroatoms. The molecule has 1 aliphatic heterocycles. The van der Waals surface area contributed by atoms with Crippen LogP contribution in [0.25, 0.3) is 0 Å². The van der Waals surface area contributed by atoms with Crippen LogP contribution in [0.15, 0.2) is 12.1 Å². The van der Waals surface area contributed by atoms with Crippen LogP contribution in [0.3, 0.4) is 0 Å². The molecule has 1 aromatic carbocycles. The first-order chi connectivity index (χ1) is 16.8. The van der Waals surface area contributed by atoms with Gasteiger partial charge in [0.25, 0.3) is 11.8 Å². The standard InChI is InChI=1S/C26H35F3N2O5/c1-6-35-22(32)12-13-30-20-14-18(23(33)31(16(2)3)17-10-8-7-9-11-17)19(26(27,28)29)15-21(20)36-25(4,5)24(30)34/h14-17H,6-13H2,1-5H3. The molecule has 0 spiro atoms. The summed E-state index contributed by atoms with van der Waals surface area (Å²) < 4.78 is 53.3. The Morgan fingerprint density at radius 3 is 2.39 bits per heavy atom. The quantitative estimate of drug-likeness (QED) is 0.461. The number of halogens is 3. The average molecular weight is 513 g/mol. The molecule has 2 aliphatic rings. The van der Waals surface area contributed by atoms with E-state index >= 15 is 0 Å². The Balaban J connectivity index is 2.12. The van der Waals surface area contributed by atoms with E-state index in [-0.39, 0.29) is 43.1 Å². The number of carbonyl (C=O) groups excluding carboxylic acids is 3. The summed E-state index contributed by atoms with van der Waals surface area (Å²) in [6.45, 7) is 8.18. The molecule has 200 valence electrons. The second-order valence-electron chi connectivity index (χ2n) is 10.1. The van der Waals surface area contributed by atoms with Crippen molar-refractivity contribution in [2.75, 3.05) is 18.1 Å². The van der Waals surface area contributed by atoms with Gasteiger partial charge in [0.15, 0.2) is 5.60 Å². The van der Waals surface area contributed by atoms with Gasteiger partial charge in [-0.15, -0.1) is 0 Å². The van der Waals surface area contributed by atoms with Gasteiger partial charge in [-0.2, -0.15) is 13.2 Å². The highest BCUT2D eigenvalue weighted by Gasteiger charge is 2.45. The van der Waals surface area contributed by atoms with Crippen molar-refractivity contribution in [2.45, 2.75) is 97.0 Å². The van der Waals surface area contributed by atoms with Crippen LogP contribution in [0, 0.1) is 0 Å². The molecule has 0 N–H and O–H groups in total. The van der Waals surface area contributed by atoms with Crippen LogP contribution in [0.2, 0.25) is 0 Å². The van der Waals surface area contributed by atoms with Crippen LogP contribution in [0.1, 0.15) is 89.1 Å². The molecule has 2 amide bonds. The molecule has 1 fully saturated rings. The number of carbonyl (C=O) groups is 3. The molecule has 1 heterocycles. The van der Waals surface area contributed by atoms with Crippen LogP contribution in [-0.2, 0) is 20.5 Å². The number of alkyl halides is 3. The fraction of sp³-hybridized carbons (Fsp3) is 0.654. The summed E-state index contributed by atoms with van der Waals surface area (Å²) in [6, 6.07) is 1.43. The van der Waals surface area contributed by atoms with Gasteiger partial charge < -0.3 is 19.3 Å². The first-order valence-corrected chi connectivity index (χ1v) is 12.5. The maximum atomic E-state index is 14.2. The summed E-state index contributed by atoms with van der Waals surface area (Å²) in [4.78, 5) is 41.6. The van der Waals surface area contributed by atoms with Gasteiger partial charge in [-0.05, 0) is 59.6 Å². The molecule has 1 aliphatic carbocycles. The summed E-state index contributed by atoms with van der Waals surface area (Å²) in [5.41, 5.74) is -3.06. The van der Waals surface area contributed by atoms with E-state index < -0.39 is 40.7 Å². The minimum absolute atomic E-state index is 0.0346. The maximum Gasteiger partial charge on any atom is 0.417 e. The molecule has 1 saturated carbocycles. The number of ether oxygens (including phenoxy) is 2. The van der Waals surface area contributed by atoms with Crippen molar-refractivity contribution >= 4 is 23.5 Å². The smallest absolute Gasteiger partial charge is 0.417 e. The fourth-order valence-electron chi connectivity index (χ4n) is 5.00. The third-order valence-electron chi connectivity index (χ3n) is 6.65. The summed E-state index contributed by atoms with van der Waals surface area (Å²) in [7, 11) is 0. The fourth-order valence-corrected chi connectivity index (χ4v) is 5.00. The van der Waals surface area contributed by atoms with Crippen LogP contribution < -0.4 is 9.64 Å². The number of esters is 1. The maximum absolute atomic E-state index is 14.2. The Hall–Kier alpha value is -2.78. The third kappa shape index (κ3) is 5.78. The first-order valence-electron chi connectivity index (χ1n) is 12.5. The molecule has 0 radical (unpaired) electrons. The lowest BCUT2D eigenvalue weighted by atomic mass is 9.92. The first kappa shape index (κ1) is 27.8. The predicted octanol–water partition coefficient (Wildman–Crippen LogP) is 5.35. The highest BCUT2D eigenvalue weighted by molar-refractivity contribution is 6.05. The Bertz CT molecular complexity index is 1000. The van der Waals surface area contributed by atoms with Gasteiger partial charge >= 0.3 is 12.1 Å². The van der Waals surface area contributed by atoms with Crippen LogP contribution in [0.4, 0.5) is 18.9 Å². The van der Waals surface area contributed by atoms with Crippen molar-refractivity contribution in [2.24, 2.45) is 0 Å². The number of fused-ring (bicyclic) bond motifs is 1. The number of nitrogens with zero attached hydrogens (tertiary/aromatic N) is 2. The molecule has 3 rings (SSSR count). The van der Waals surface area contributed by atoms with Crippen LogP contribution in [0.5, 0.6) is 5.75 Å². The van der Waals surface area contributed by atoms with Gasteiger partial charge in [-0.3, -0.25) is 14.4 Å². The Kier molecular flexibility index (Phi) is 8.25. The lowest BCUT2D eigenvalue weighted by Crippen LogP contribution is -2.53. The molecule has 7 nitrogen and oxygen atoms in total.